The van der Waals surface area contributed by atoms with Crippen molar-refractivity contribution in [3.63, 3.8) is 0 Å². The van der Waals surface area contributed by atoms with Gasteiger partial charge >= 0.3 is 0 Å². The summed E-state index contributed by atoms with van der Waals surface area (Å²) in [6, 6.07) is 8.27. The van der Waals surface area contributed by atoms with Gasteiger partial charge in [0, 0.05) is 18.4 Å². The highest BCUT2D eigenvalue weighted by Crippen LogP contribution is 2.15. The number of hydrogen-bond acceptors (Lipinski definition) is 2. The maximum atomic E-state index is 5.75. The molecule has 17 heavy (non-hydrogen) atoms. The summed E-state index contributed by atoms with van der Waals surface area (Å²) in [7, 11) is 1.72. The van der Waals surface area contributed by atoms with Crippen molar-refractivity contribution in [1.82, 2.24) is 0 Å². The zero-order chi connectivity index (χ0) is 12.5. The first kappa shape index (κ1) is 14.5. The van der Waals surface area contributed by atoms with Crippen LogP contribution in [0, 0.1) is 5.92 Å². The first-order valence-electron chi connectivity index (χ1n) is 6.06. The monoisotopic (exact) mass is 300 g/mol. The van der Waals surface area contributed by atoms with Crippen LogP contribution < -0.4 is 4.74 Å². The first-order chi connectivity index (χ1) is 8.30. The molecule has 0 aliphatic rings. The maximum Gasteiger partial charge on any atom is 0.119 e. The largest absolute Gasteiger partial charge is 0.493 e. The third kappa shape index (κ3) is 5.55. The van der Waals surface area contributed by atoms with Gasteiger partial charge in [-0.15, -0.1) is 0 Å². The third-order valence-electron chi connectivity index (χ3n) is 2.80. The normalized spacial score (nSPS) is 12.4. The minimum Gasteiger partial charge on any atom is -0.493 e. The van der Waals surface area contributed by atoms with E-state index in [2.05, 4.69) is 35.0 Å². The van der Waals surface area contributed by atoms with Crippen LogP contribution in [0.25, 0.3) is 0 Å². The van der Waals surface area contributed by atoms with Gasteiger partial charge in [-0.2, -0.15) is 0 Å². The maximum absolute atomic E-state index is 5.75. The Kier molecular flexibility index (Phi) is 7.29. The second kappa shape index (κ2) is 8.54. The summed E-state index contributed by atoms with van der Waals surface area (Å²) < 4.78 is 10.8. The second-order valence-corrected chi connectivity index (χ2v) is 4.77. The lowest BCUT2D eigenvalue weighted by atomic mass is 10.1. The molecule has 0 heterocycles. The van der Waals surface area contributed by atoms with E-state index in [1.54, 1.807) is 7.11 Å². The van der Waals surface area contributed by atoms with Crippen molar-refractivity contribution in [3.05, 3.63) is 29.8 Å². The molecule has 0 fully saturated rings. The van der Waals surface area contributed by atoms with Gasteiger partial charge in [0.1, 0.15) is 5.75 Å². The van der Waals surface area contributed by atoms with E-state index in [0.717, 1.165) is 37.1 Å². The highest BCUT2D eigenvalue weighted by Gasteiger charge is 2.05. The molecule has 0 saturated carbocycles. The number of methoxy groups -OCH3 is 1. The number of hydrogen-bond donors (Lipinski definition) is 0. The van der Waals surface area contributed by atoms with Crippen molar-refractivity contribution in [2.24, 2.45) is 5.92 Å². The molecule has 3 heteroatoms. The zero-order valence-corrected chi connectivity index (χ0v) is 12.2. The van der Waals surface area contributed by atoms with E-state index in [1.165, 1.54) is 5.56 Å². The molecule has 0 amide bonds. The Labute approximate surface area is 112 Å². The Hall–Kier alpha value is -0.540. The van der Waals surface area contributed by atoms with E-state index in [4.69, 9.17) is 9.47 Å². The predicted molar refractivity (Wildman–Crippen MR) is 75.1 cm³/mol. The van der Waals surface area contributed by atoms with Gasteiger partial charge in [0.15, 0.2) is 0 Å². The van der Waals surface area contributed by atoms with Gasteiger partial charge in [0.25, 0.3) is 0 Å². The Morgan fingerprint density at radius 3 is 2.47 bits per heavy atom. The van der Waals surface area contributed by atoms with Crippen LogP contribution in [-0.4, -0.2) is 25.7 Å². The highest BCUT2D eigenvalue weighted by molar-refractivity contribution is 9.09. The molecule has 1 aromatic carbocycles. The summed E-state index contributed by atoms with van der Waals surface area (Å²) in [5.41, 5.74) is 1.28. The minimum atomic E-state index is 0.586. The van der Waals surface area contributed by atoms with Crippen LogP contribution in [-0.2, 0) is 11.2 Å². The van der Waals surface area contributed by atoms with Crippen LogP contribution in [0.5, 0.6) is 5.75 Å². The molecule has 0 bridgehead atoms. The van der Waals surface area contributed by atoms with Crippen LogP contribution >= 0.6 is 15.9 Å². The summed E-state index contributed by atoms with van der Waals surface area (Å²) >= 11 is 3.50. The molecule has 1 rings (SSSR count). The van der Waals surface area contributed by atoms with Crippen molar-refractivity contribution in [2.75, 3.05) is 25.7 Å². The van der Waals surface area contributed by atoms with Gasteiger partial charge in [-0.1, -0.05) is 35.0 Å². The van der Waals surface area contributed by atoms with Gasteiger partial charge in [-0.3, -0.25) is 0 Å². The minimum absolute atomic E-state index is 0.586. The lowest BCUT2D eigenvalue weighted by Gasteiger charge is -2.13. The SMILES string of the molecule is CCC(CBr)COc1ccc(CCOC)cc1. The fourth-order valence-electron chi connectivity index (χ4n) is 1.46. The van der Waals surface area contributed by atoms with Crippen LogP contribution in [0.4, 0.5) is 0 Å². The number of rotatable bonds is 8. The van der Waals surface area contributed by atoms with Crippen molar-refractivity contribution < 1.29 is 9.47 Å². The van der Waals surface area contributed by atoms with E-state index in [0.29, 0.717) is 5.92 Å². The van der Waals surface area contributed by atoms with Crippen molar-refractivity contribution in [3.8, 4) is 5.75 Å². The van der Waals surface area contributed by atoms with Crippen LogP contribution in [0.2, 0.25) is 0 Å². The zero-order valence-electron chi connectivity index (χ0n) is 10.6. The van der Waals surface area contributed by atoms with Crippen LogP contribution in [0.3, 0.4) is 0 Å². The van der Waals surface area contributed by atoms with E-state index in [9.17, 15) is 0 Å². The summed E-state index contributed by atoms with van der Waals surface area (Å²) in [4.78, 5) is 0. The molecule has 0 radical (unpaired) electrons. The lowest BCUT2D eigenvalue weighted by molar-refractivity contribution is 0.202. The molecular formula is C14H21BrO2. The van der Waals surface area contributed by atoms with Crippen molar-refractivity contribution >= 4 is 15.9 Å². The average molecular weight is 301 g/mol. The number of ether oxygens (including phenoxy) is 2. The van der Waals surface area contributed by atoms with Gasteiger partial charge in [0.2, 0.25) is 0 Å². The molecule has 1 unspecified atom stereocenters. The summed E-state index contributed by atoms with van der Waals surface area (Å²) in [5.74, 6) is 1.54. The Morgan fingerprint density at radius 2 is 1.94 bits per heavy atom. The van der Waals surface area contributed by atoms with Gasteiger partial charge < -0.3 is 9.47 Å². The standard InChI is InChI=1S/C14H21BrO2/c1-3-12(10-15)11-17-14-6-4-13(5-7-14)8-9-16-2/h4-7,12H,3,8-11H2,1-2H3. The summed E-state index contributed by atoms with van der Waals surface area (Å²) in [6.07, 6.45) is 2.09. The second-order valence-electron chi connectivity index (χ2n) is 4.13. The molecule has 1 atom stereocenters. The molecule has 0 N–H and O–H groups in total. The third-order valence-corrected chi connectivity index (χ3v) is 3.72. The lowest BCUT2D eigenvalue weighted by Crippen LogP contribution is -2.12. The highest BCUT2D eigenvalue weighted by atomic mass is 79.9. The van der Waals surface area contributed by atoms with Gasteiger partial charge in [0.05, 0.1) is 13.2 Å². The summed E-state index contributed by atoms with van der Waals surface area (Å²) in [6.45, 7) is 3.73. The van der Waals surface area contributed by atoms with Gasteiger partial charge in [-0.25, -0.2) is 0 Å². The van der Waals surface area contributed by atoms with Crippen LogP contribution in [0.15, 0.2) is 24.3 Å². The fraction of sp³-hybridized carbons (Fsp3) is 0.571. The van der Waals surface area contributed by atoms with E-state index < -0.39 is 0 Å². The first-order valence-corrected chi connectivity index (χ1v) is 7.19. The molecule has 0 saturated heterocycles. The number of benzene rings is 1. The fourth-order valence-corrected chi connectivity index (χ4v) is 2.10. The molecule has 1 aromatic rings. The van der Waals surface area contributed by atoms with Crippen molar-refractivity contribution in [2.45, 2.75) is 19.8 Å². The smallest absolute Gasteiger partial charge is 0.119 e. The molecule has 0 spiro atoms. The topological polar surface area (TPSA) is 18.5 Å². The molecule has 0 aliphatic carbocycles. The number of halogens is 1. The van der Waals surface area contributed by atoms with E-state index in [1.807, 2.05) is 12.1 Å². The molecular weight excluding hydrogens is 280 g/mol. The summed E-state index contributed by atoms with van der Waals surface area (Å²) in [5, 5.41) is 0.995. The predicted octanol–water partition coefficient (Wildman–Crippen LogP) is 3.68. The molecule has 0 aliphatic heterocycles. The Balaban J connectivity index is 2.39. The van der Waals surface area contributed by atoms with Gasteiger partial charge in [-0.05, 0) is 30.5 Å². The molecule has 96 valence electrons. The molecule has 0 aromatic heterocycles. The Morgan fingerprint density at radius 1 is 1.24 bits per heavy atom. The average Bonchev–Trinajstić information content (AvgIpc) is 2.39. The molecule has 2 nitrogen and oxygen atoms in total. The van der Waals surface area contributed by atoms with Crippen LogP contribution in [0.1, 0.15) is 18.9 Å². The Bertz CT molecular complexity index is 294. The van der Waals surface area contributed by atoms with E-state index in [-0.39, 0.29) is 0 Å². The quantitative estimate of drug-likeness (QED) is 0.682. The van der Waals surface area contributed by atoms with Crippen molar-refractivity contribution in [1.29, 1.82) is 0 Å². The number of alkyl halides is 1. The van der Waals surface area contributed by atoms with E-state index >= 15 is 0 Å².